The molecule has 1 rings (SSSR count). The summed E-state index contributed by atoms with van der Waals surface area (Å²) in [6.07, 6.45) is -0.348. The van der Waals surface area contributed by atoms with Gasteiger partial charge in [0.25, 0.3) is 0 Å². The van der Waals surface area contributed by atoms with Gasteiger partial charge in [-0.2, -0.15) is 0 Å². The Kier molecular flexibility index (Phi) is 6.95. The van der Waals surface area contributed by atoms with E-state index in [0.717, 1.165) is 5.56 Å². The van der Waals surface area contributed by atoms with Crippen LogP contribution in [0.2, 0.25) is 14.8 Å². The summed E-state index contributed by atoms with van der Waals surface area (Å²) >= 11 is -2.44. The van der Waals surface area contributed by atoms with Gasteiger partial charge in [0.1, 0.15) is 0 Å². The second-order valence-corrected chi connectivity index (χ2v) is 23.9. The molecule has 0 unspecified atom stereocenters. The first-order valence-corrected chi connectivity index (χ1v) is 18.4. The molecule has 0 aromatic heterocycles. The predicted octanol–water partition coefficient (Wildman–Crippen LogP) is 4.22. The van der Waals surface area contributed by atoms with E-state index in [1.807, 2.05) is 51.1 Å². The molecule has 0 aliphatic rings. The normalized spacial score (nSPS) is 15.0. The third kappa shape index (κ3) is 5.99. The first-order valence-electron chi connectivity index (χ1n) is 8.14. The Morgan fingerprint density at radius 3 is 2.13 bits per heavy atom. The van der Waals surface area contributed by atoms with Crippen LogP contribution in [0.4, 0.5) is 4.79 Å². The van der Waals surface area contributed by atoms with E-state index in [1.54, 1.807) is 4.90 Å². The summed E-state index contributed by atoms with van der Waals surface area (Å²) in [5.74, 6) is 0. The Labute approximate surface area is 144 Å². The van der Waals surface area contributed by atoms with Crippen molar-refractivity contribution < 1.29 is 14.6 Å². The molecule has 1 aromatic rings. The number of nitrogens with zero attached hydrogens (tertiary/aromatic N) is 1. The fourth-order valence-electron chi connectivity index (χ4n) is 2.32. The molecule has 4 nitrogen and oxygen atoms in total. The summed E-state index contributed by atoms with van der Waals surface area (Å²) in [5.41, 5.74) is 0.377. The number of hydrogen-bond donors (Lipinski definition) is 1. The second kappa shape index (κ2) is 7.88. The number of carbonyl (C=O) groups is 1. The van der Waals surface area contributed by atoms with Crippen molar-refractivity contribution >= 4 is 24.5 Å². The van der Waals surface area contributed by atoms with Crippen molar-refractivity contribution in [3.63, 3.8) is 0 Å². The van der Waals surface area contributed by atoms with Gasteiger partial charge >= 0.3 is 145 Å². The number of rotatable bonds is 5. The standard InChI is InChI=1S/C15H22NO3.3CH3.Sn/c1-5-16(14(18)19-15(2,3)4)13(11-17)12-9-7-6-8-10-12;;;;/h5-10,13,17H,11H2,1-4H3;3*1H3;/t13-;;;;/m0..../s1. The summed E-state index contributed by atoms with van der Waals surface area (Å²) < 4.78 is 5.74. The van der Waals surface area contributed by atoms with Crippen molar-refractivity contribution in [2.75, 3.05) is 6.61 Å². The number of carbonyl (C=O) groups excluding carboxylic acids is 1. The monoisotopic (exact) mass is 429 g/mol. The molecular formula is C18H31NO3Sn. The molecule has 23 heavy (non-hydrogen) atoms. The van der Waals surface area contributed by atoms with Crippen molar-refractivity contribution in [3.8, 4) is 0 Å². The number of benzene rings is 1. The molecule has 1 amide bonds. The summed E-state index contributed by atoms with van der Waals surface area (Å²) in [4.78, 5) is 21.5. The van der Waals surface area contributed by atoms with Crippen LogP contribution >= 0.6 is 0 Å². The second-order valence-electron chi connectivity index (χ2n) is 8.04. The molecule has 0 bridgehead atoms. The molecular weight excluding hydrogens is 397 g/mol. The van der Waals surface area contributed by atoms with Crippen LogP contribution in [0.15, 0.2) is 30.3 Å². The van der Waals surface area contributed by atoms with Crippen molar-refractivity contribution in [1.29, 1.82) is 0 Å². The number of aliphatic hydroxyl groups is 1. The zero-order chi connectivity index (χ0) is 17.8. The Hall–Kier alpha value is -0.751. The maximum absolute atomic E-state index is 12.8. The van der Waals surface area contributed by atoms with Crippen LogP contribution in [0.25, 0.3) is 0 Å². The molecule has 0 aliphatic carbocycles. The molecule has 5 heteroatoms. The molecule has 1 aromatic carbocycles. The minimum absolute atomic E-state index is 0.108. The van der Waals surface area contributed by atoms with Crippen molar-refractivity contribution in [1.82, 2.24) is 4.90 Å². The van der Waals surface area contributed by atoms with Gasteiger partial charge in [0.2, 0.25) is 0 Å². The molecule has 0 saturated heterocycles. The average Bonchev–Trinajstić information content (AvgIpc) is 2.41. The van der Waals surface area contributed by atoms with E-state index in [9.17, 15) is 9.90 Å². The van der Waals surface area contributed by atoms with E-state index < -0.39 is 24.0 Å². The zero-order valence-corrected chi connectivity index (χ0v) is 18.3. The van der Waals surface area contributed by atoms with Gasteiger partial charge in [0.05, 0.1) is 0 Å². The van der Waals surface area contributed by atoms with Crippen LogP contribution < -0.4 is 0 Å². The van der Waals surface area contributed by atoms with Gasteiger partial charge in [-0.25, -0.2) is 0 Å². The van der Waals surface area contributed by atoms with Gasteiger partial charge in [-0.05, 0) is 0 Å². The van der Waals surface area contributed by atoms with Crippen molar-refractivity contribution in [3.05, 3.63) is 35.9 Å². The van der Waals surface area contributed by atoms with Crippen LogP contribution in [0, 0.1) is 0 Å². The van der Waals surface area contributed by atoms with E-state index in [0.29, 0.717) is 0 Å². The summed E-state index contributed by atoms with van der Waals surface area (Å²) in [7, 11) is 0. The van der Waals surface area contributed by atoms with Crippen LogP contribution in [-0.2, 0) is 4.74 Å². The summed E-state index contributed by atoms with van der Waals surface area (Å²) in [6.45, 7) is 7.57. The fourth-order valence-corrected chi connectivity index (χ4v) is 5.51. The number of ether oxygens (including phenoxy) is 1. The van der Waals surface area contributed by atoms with E-state index in [1.165, 1.54) is 0 Å². The zero-order valence-electron chi connectivity index (χ0n) is 15.5. The van der Waals surface area contributed by atoms with Gasteiger partial charge in [-0.15, -0.1) is 0 Å². The Bertz CT molecular complexity index is 505. The third-order valence-corrected chi connectivity index (χ3v) is 11.9. The van der Waals surface area contributed by atoms with Crippen LogP contribution in [0.3, 0.4) is 0 Å². The molecule has 0 saturated carbocycles. The van der Waals surface area contributed by atoms with Crippen LogP contribution in [0.1, 0.15) is 39.3 Å². The first-order chi connectivity index (χ1) is 10.5. The number of aliphatic hydroxyl groups excluding tert-OH is 1. The molecule has 1 N–H and O–H groups in total. The topological polar surface area (TPSA) is 49.8 Å². The van der Waals surface area contributed by atoms with Crippen LogP contribution in [0.5, 0.6) is 0 Å². The average molecular weight is 428 g/mol. The Morgan fingerprint density at radius 2 is 1.74 bits per heavy atom. The molecule has 2 atom stereocenters. The van der Waals surface area contributed by atoms with Gasteiger partial charge < -0.3 is 0 Å². The first kappa shape index (κ1) is 20.3. The molecule has 0 spiro atoms. The van der Waals surface area contributed by atoms with E-state index in [-0.39, 0.29) is 22.8 Å². The van der Waals surface area contributed by atoms with Gasteiger partial charge in [-0.3, -0.25) is 0 Å². The van der Waals surface area contributed by atoms with E-state index in [4.69, 9.17) is 4.74 Å². The quantitative estimate of drug-likeness (QED) is 0.715. The third-order valence-electron chi connectivity index (χ3n) is 3.97. The predicted molar refractivity (Wildman–Crippen MR) is 97.1 cm³/mol. The number of amides is 1. The molecule has 0 heterocycles. The number of hydrogen-bond acceptors (Lipinski definition) is 3. The Morgan fingerprint density at radius 1 is 1.22 bits per heavy atom. The van der Waals surface area contributed by atoms with Crippen LogP contribution in [-0.4, -0.2) is 50.7 Å². The summed E-state index contributed by atoms with van der Waals surface area (Å²) in [5, 5.41) is 9.99. The van der Waals surface area contributed by atoms with Gasteiger partial charge in [0.15, 0.2) is 0 Å². The molecule has 0 aliphatic heterocycles. The molecule has 130 valence electrons. The molecule has 0 radical (unpaired) electrons. The van der Waals surface area contributed by atoms with E-state index in [2.05, 4.69) is 21.7 Å². The van der Waals surface area contributed by atoms with Crippen molar-refractivity contribution in [2.45, 2.75) is 58.2 Å². The van der Waals surface area contributed by atoms with Gasteiger partial charge in [-0.1, -0.05) is 0 Å². The molecule has 0 fully saturated rings. The van der Waals surface area contributed by atoms with Crippen molar-refractivity contribution in [2.24, 2.45) is 0 Å². The van der Waals surface area contributed by atoms with E-state index >= 15 is 0 Å². The SMILES string of the molecule is C[C@@H](N(C(=O)OC(C)(C)C)[C@@H](CO)c1ccccc1)[Sn]([CH3])([CH3])[CH3]. The minimum atomic E-state index is -2.44. The Balaban J connectivity index is 3.24. The van der Waals surface area contributed by atoms with Gasteiger partial charge in [0, 0.05) is 0 Å². The summed E-state index contributed by atoms with van der Waals surface area (Å²) in [6, 6.07) is 9.30. The fraction of sp³-hybridized carbons (Fsp3) is 0.611. The maximum atomic E-state index is 12.8.